The van der Waals surface area contributed by atoms with Crippen molar-refractivity contribution in [2.24, 2.45) is 5.92 Å². The van der Waals surface area contributed by atoms with E-state index < -0.39 is 0 Å². The third-order valence-corrected chi connectivity index (χ3v) is 5.19. The Morgan fingerprint density at radius 2 is 1.00 bits per heavy atom. The topological polar surface area (TPSA) is 0 Å². The molecule has 0 radical (unpaired) electrons. The molecule has 1 saturated carbocycles. The molecular formula is C20H40. The molecule has 120 valence electrons. The third-order valence-electron chi connectivity index (χ3n) is 5.19. The third kappa shape index (κ3) is 10.7. The van der Waals surface area contributed by atoms with Gasteiger partial charge in [0, 0.05) is 0 Å². The van der Waals surface area contributed by atoms with Crippen molar-refractivity contribution in [2.45, 2.75) is 122 Å². The Morgan fingerprint density at radius 3 is 1.55 bits per heavy atom. The molecule has 1 rings (SSSR count). The second-order valence-electron chi connectivity index (χ2n) is 7.18. The molecule has 1 aliphatic carbocycles. The van der Waals surface area contributed by atoms with Gasteiger partial charge in [-0.3, -0.25) is 0 Å². The van der Waals surface area contributed by atoms with Crippen molar-refractivity contribution in [1.82, 2.24) is 0 Å². The van der Waals surface area contributed by atoms with Gasteiger partial charge in [-0.15, -0.1) is 0 Å². The second kappa shape index (κ2) is 14.0. The minimum Gasteiger partial charge on any atom is -0.0654 e. The smallest absolute Gasteiger partial charge is 0.0414 e. The number of hydrogen-bond acceptors (Lipinski definition) is 0. The summed E-state index contributed by atoms with van der Waals surface area (Å²) in [6.07, 6.45) is 27.0. The van der Waals surface area contributed by atoms with Gasteiger partial charge in [-0.1, -0.05) is 122 Å². The van der Waals surface area contributed by atoms with E-state index >= 15 is 0 Å². The maximum atomic E-state index is 2.31. The summed E-state index contributed by atoms with van der Waals surface area (Å²) in [6.45, 7) is 2.31. The number of unbranched alkanes of at least 4 members (excludes halogenated alkanes) is 5. The number of hydrogen-bond donors (Lipinski definition) is 0. The van der Waals surface area contributed by atoms with Crippen LogP contribution in [0.25, 0.3) is 0 Å². The average Bonchev–Trinajstić information content (AvgIpc) is 2.45. The van der Waals surface area contributed by atoms with Gasteiger partial charge in [0.1, 0.15) is 0 Å². The molecule has 0 heterocycles. The summed E-state index contributed by atoms with van der Waals surface area (Å²) >= 11 is 0. The van der Waals surface area contributed by atoms with Gasteiger partial charge in [-0.2, -0.15) is 0 Å². The molecule has 1 fully saturated rings. The standard InChI is InChI=1S/C20H40/c1-2-3-4-5-11-14-17-20-18-15-12-9-7-6-8-10-13-16-19-20/h20H,2-19H2,1H3. The predicted octanol–water partition coefficient (Wildman–Crippen LogP) is 7.66. The van der Waals surface area contributed by atoms with Crippen molar-refractivity contribution in [3.63, 3.8) is 0 Å². The Bertz CT molecular complexity index is 172. The highest BCUT2D eigenvalue weighted by atomic mass is 14.1. The van der Waals surface area contributed by atoms with Crippen molar-refractivity contribution in [1.29, 1.82) is 0 Å². The summed E-state index contributed by atoms with van der Waals surface area (Å²) in [4.78, 5) is 0. The lowest BCUT2D eigenvalue weighted by atomic mass is 9.89. The van der Waals surface area contributed by atoms with Crippen LogP contribution in [-0.4, -0.2) is 0 Å². The van der Waals surface area contributed by atoms with E-state index in [9.17, 15) is 0 Å². The molecule has 0 atom stereocenters. The maximum Gasteiger partial charge on any atom is -0.0414 e. The van der Waals surface area contributed by atoms with E-state index in [0.29, 0.717) is 0 Å². The summed E-state index contributed by atoms with van der Waals surface area (Å²) in [6, 6.07) is 0. The van der Waals surface area contributed by atoms with E-state index in [1.54, 1.807) is 0 Å². The Balaban J connectivity index is 2.08. The highest BCUT2D eigenvalue weighted by molar-refractivity contribution is 4.62. The maximum absolute atomic E-state index is 2.31. The normalized spacial score (nSPS) is 20.2. The molecule has 1 aliphatic rings. The van der Waals surface area contributed by atoms with Crippen LogP contribution in [0.15, 0.2) is 0 Å². The zero-order valence-corrected chi connectivity index (χ0v) is 14.3. The Hall–Kier alpha value is 0. The average molecular weight is 281 g/mol. The van der Waals surface area contributed by atoms with Gasteiger partial charge in [0.15, 0.2) is 0 Å². The lowest BCUT2D eigenvalue weighted by Gasteiger charge is -2.17. The summed E-state index contributed by atoms with van der Waals surface area (Å²) in [5, 5.41) is 0. The highest BCUT2D eigenvalue weighted by Gasteiger charge is 2.09. The van der Waals surface area contributed by atoms with Gasteiger partial charge in [0.2, 0.25) is 0 Å². The van der Waals surface area contributed by atoms with Crippen molar-refractivity contribution in [2.75, 3.05) is 0 Å². The first-order valence-corrected chi connectivity index (χ1v) is 9.93. The molecule has 0 aromatic heterocycles. The fourth-order valence-corrected chi connectivity index (χ4v) is 3.75. The Labute approximate surface area is 129 Å². The van der Waals surface area contributed by atoms with E-state index in [2.05, 4.69) is 6.92 Å². The van der Waals surface area contributed by atoms with Gasteiger partial charge >= 0.3 is 0 Å². The van der Waals surface area contributed by atoms with E-state index in [1.165, 1.54) is 116 Å². The molecule has 0 aromatic carbocycles. The SMILES string of the molecule is CCCCCCCCC1CCCCCCCCCCC1. The fourth-order valence-electron chi connectivity index (χ4n) is 3.75. The molecule has 0 nitrogen and oxygen atoms in total. The van der Waals surface area contributed by atoms with Crippen LogP contribution >= 0.6 is 0 Å². The molecule has 0 bridgehead atoms. The minimum absolute atomic E-state index is 1.07. The van der Waals surface area contributed by atoms with Gasteiger partial charge < -0.3 is 0 Å². The van der Waals surface area contributed by atoms with Crippen LogP contribution in [0.1, 0.15) is 122 Å². The lowest BCUT2D eigenvalue weighted by Crippen LogP contribution is -2.02. The van der Waals surface area contributed by atoms with Crippen LogP contribution in [0.5, 0.6) is 0 Å². The van der Waals surface area contributed by atoms with Crippen LogP contribution in [-0.2, 0) is 0 Å². The molecular weight excluding hydrogens is 240 g/mol. The quantitative estimate of drug-likeness (QED) is 0.420. The molecule has 0 N–H and O–H groups in total. The molecule has 0 amide bonds. The first-order chi connectivity index (χ1) is 9.93. The van der Waals surface area contributed by atoms with Crippen LogP contribution < -0.4 is 0 Å². The highest BCUT2D eigenvalue weighted by Crippen LogP contribution is 2.25. The largest absolute Gasteiger partial charge is 0.0654 e. The lowest BCUT2D eigenvalue weighted by molar-refractivity contribution is 0.360. The van der Waals surface area contributed by atoms with E-state index in [4.69, 9.17) is 0 Å². The summed E-state index contributed by atoms with van der Waals surface area (Å²) in [7, 11) is 0. The van der Waals surface area contributed by atoms with Gasteiger partial charge in [0.05, 0.1) is 0 Å². The molecule has 0 saturated heterocycles. The van der Waals surface area contributed by atoms with Crippen molar-refractivity contribution in [3.8, 4) is 0 Å². The van der Waals surface area contributed by atoms with Crippen LogP contribution in [0.3, 0.4) is 0 Å². The van der Waals surface area contributed by atoms with Gasteiger partial charge in [0.25, 0.3) is 0 Å². The summed E-state index contributed by atoms with van der Waals surface area (Å²) < 4.78 is 0. The summed E-state index contributed by atoms with van der Waals surface area (Å²) in [5.41, 5.74) is 0. The van der Waals surface area contributed by atoms with Gasteiger partial charge in [-0.25, -0.2) is 0 Å². The fraction of sp³-hybridized carbons (Fsp3) is 1.00. The van der Waals surface area contributed by atoms with Crippen molar-refractivity contribution in [3.05, 3.63) is 0 Å². The minimum atomic E-state index is 1.07. The number of rotatable bonds is 7. The van der Waals surface area contributed by atoms with Crippen LogP contribution in [0.2, 0.25) is 0 Å². The van der Waals surface area contributed by atoms with E-state index in [0.717, 1.165) is 5.92 Å². The molecule has 0 aromatic rings. The zero-order chi connectivity index (χ0) is 14.3. The first kappa shape index (κ1) is 18.1. The summed E-state index contributed by atoms with van der Waals surface area (Å²) in [5.74, 6) is 1.07. The monoisotopic (exact) mass is 280 g/mol. The Kier molecular flexibility index (Phi) is 12.6. The van der Waals surface area contributed by atoms with Crippen molar-refractivity contribution >= 4 is 0 Å². The van der Waals surface area contributed by atoms with E-state index in [1.807, 2.05) is 0 Å². The second-order valence-corrected chi connectivity index (χ2v) is 7.18. The van der Waals surface area contributed by atoms with Gasteiger partial charge in [-0.05, 0) is 5.92 Å². The molecule has 0 heteroatoms. The zero-order valence-electron chi connectivity index (χ0n) is 14.3. The van der Waals surface area contributed by atoms with Crippen LogP contribution in [0.4, 0.5) is 0 Å². The van der Waals surface area contributed by atoms with Crippen LogP contribution in [0, 0.1) is 5.92 Å². The molecule has 0 unspecified atom stereocenters. The Morgan fingerprint density at radius 1 is 0.550 bits per heavy atom. The van der Waals surface area contributed by atoms with E-state index in [-0.39, 0.29) is 0 Å². The molecule has 20 heavy (non-hydrogen) atoms. The predicted molar refractivity (Wildman–Crippen MR) is 92.3 cm³/mol. The molecule has 0 spiro atoms. The van der Waals surface area contributed by atoms with Crippen molar-refractivity contribution < 1.29 is 0 Å². The first-order valence-electron chi connectivity index (χ1n) is 9.93. The molecule has 0 aliphatic heterocycles.